The predicted octanol–water partition coefficient (Wildman–Crippen LogP) is 1.39. The summed E-state index contributed by atoms with van der Waals surface area (Å²) in [5, 5.41) is 0. The zero-order valence-electron chi connectivity index (χ0n) is 11.2. The van der Waals surface area contributed by atoms with Crippen molar-refractivity contribution in [1.82, 2.24) is 4.90 Å². The van der Waals surface area contributed by atoms with Crippen LogP contribution in [0.15, 0.2) is 0 Å². The molecule has 0 aromatic rings. The Morgan fingerprint density at radius 1 is 1.59 bits per heavy atom. The lowest BCUT2D eigenvalue weighted by Crippen LogP contribution is -2.45. The molecule has 1 heterocycles. The minimum atomic E-state index is 0.0462. The van der Waals surface area contributed by atoms with Gasteiger partial charge in [-0.2, -0.15) is 0 Å². The van der Waals surface area contributed by atoms with Crippen molar-refractivity contribution in [2.24, 2.45) is 11.7 Å². The van der Waals surface area contributed by atoms with Gasteiger partial charge in [-0.1, -0.05) is 13.8 Å². The van der Waals surface area contributed by atoms with Crippen molar-refractivity contribution in [3.05, 3.63) is 0 Å². The standard InChI is InChI=1S/C13H26N2O2/c1-3-9-17-12-5-4-8-15(10-12)13(16)11(2)6-7-14/h11-12H,3-10,14H2,1-2H3. The van der Waals surface area contributed by atoms with Crippen LogP contribution in [0.25, 0.3) is 0 Å². The van der Waals surface area contributed by atoms with E-state index in [1.807, 2.05) is 11.8 Å². The van der Waals surface area contributed by atoms with E-state index in [4.69, 9.17) is 10.5 Å². The highest BCUT2D eigenvalue weighted by Gasteiger charge is 2.26. The quantitative estimate of drug-likeness (QED) is 0.765. The topological polar surface area (TPSA) is 55.6 Å². The van der Waals surface area contributed by atoms with Gasteiger partial charge >= 0.3 is 0 Å². The second-order valence-electron chi connectivity index (χ2n) is 4.90. The first-order chi connectivity index (χ1) is 8.19. The van der Waals surface area contributed by atoms with E-state index in [1.165, 1.54) is 0 Å². The molecule has 1 saturated heterocycles. The molecule has 4 nitrogen and oxygen atoms in total. The van der Waals surface area contributed by atoms with Gasteiger partial charge in [0.1, 0.15) is 0 Å². The van der Waals surface area contributed by atoms with Crippen LogP contribution in [0.4, 0.5) is 0 Å². The van der Waals surface area contributed by atoms with Crippen molar-refractivity contribution < 1.29 is 9.53 Å². The fourth-order valence-corrected chi connectivity index (χ4v) is 2.24. The summed E-state index contributed by atoms with van der Waals surface area (Å²) in [6.45, 7) is 7.08. The largest absolute Gasteiger partial charge is 0.376 e. The van der Waals surface area contributed by atoms with Gasteiger partial charge in [-0.25, -0.2) is 0 Å². The van der Waals surface area contributed by atoms with Crippen LogP contribution in [0.3, 0.4) is 0 Å². The number of piperidine rings is 1. The number of likely N-dealkylation sites (tertiary alicyclic amines) is 1. The van der Waals surface area contributed by atoms with Crippen molar-refractivity contribution in [2.75, 3.05) is 26.2 Å². The molecular formula is C13H26N2O2. The van der Waals surface area contributed by atoms with E-state index >= 15 is 0 Å². The maximum atomic E-state index is 12.1. The Hall–Kier alpha value is -0.610. The van der Waals surface area contributed by atoms with E-state index in [2.05, 4.69) is 6.92 Å². The lowest BCUT2D eigenvalue weighted by atomic mass is 10.0. The zero-order chi connectivity index (χ0) is 12.7. The summed E-state index contributed by atoms with van der Waals surface area (Å²) in [5.74, 6) is 0.283. The van der Waals surface area contributed by atoms with E-state index in [1.54, 1.807) is 0 Å². The molecule has 2 N–H and O–H groups in total. The Morgan fingerprint density at radius 3 is 3.00 bits per heavy atom. The van der Waals surface area contributed by atoms with Gasteiger partial charge in [-0.15, -0.1) is 0 Å². The van der Waals surface area contributed by atoms with Gasteiger partial charge in [0.25, 0.3) is 0 Å². The first-order valence-corrected chi connectivity index (χ1v) is 6.79. The van der Waals surface area contributed by atoms with Gasteiger partial charge < -0.3 is 15.4 Å². The minimum Gasteiger partial charge on any atom is -0.376 e. The summed E-state index contributed by atoms with van der Waals surface area (Å²) in [4.78, 5) is 14.1. The number of carbonyl (C=O) groups excluding carboxylic acids is 1. The van der Waals surface area contributed by atoms with Crippen LogP contribution in [0.1, 0.15) is 39.5 Å². The van der Waals surface area contributed by atoms with Gasteiger partial charge in [0.2, 0.25) is 5.91 Å². The second-order valence-corrected chi connectivity index (χ2v) is 4.90. The predicted molar refractivity (Wildman–Crippen MR) is 68.7 cm³/mol. The fourth-order valence-electron chi connectivity index (χ4n) is 2.24. The lowest BCUT2D eigenvalue weighted by Gasteiger charge is -2.34. The third kappa shape index (κ3) is 4.64. The van der Waals surface area contributed by atoms with Crippen molar-refractivity contribution in [3.63, 3.8) is 0 Å². The molecule has 1 aliphatic rings. The van der Waals surface area contributed by atoms with Gasteiger partial charge in [0.05, 0.1) is 6.10 Å². The van der Waals surface area contributed by atoms with Crippen molar-refractivity contribution in [2.45, 2.75) is 45.6 Å². The molecule has 0 aliphatic carbocycles. The Labute approximate surface area is 104 Å². The highest BCUT2D eigenvalue weighted by atomic mass is 16.5. The number of carbonyl (C=O) groups is 1. The Balaban J connectivity index is 2.39. The molecule has 17 heavy (non-hydrogen) atoms. The molecule has 1 aliphatic heterocycles. The second kappa shape index (κ2) is 7.67. The molecule has 0 aromatic heterocycles. The number of ether oxygens (including phenoxy) is 1. The van der Waals surface area contributed by atoms with Crippen molar-refractivity contribution in [1.29, 1.82) is 0 Å². The number of nitrogens with zero attached hydrogens (tertiary/aromatic N) is 1. The highest BCUT2D eigenvalue weighted by Crippen LogP contribution is 2.16. The minimum absolute atomic E-state index is 0.0462. The summed E-state index contributed by atoms with van der Waals surface area (Å²) >= 11 is 0. The van der Waals surface area contributed by atoms with Gasteiger partial charge in [0.15, 0.2) is 0 Å². The first-order valence-electron chi connectivity index (χ1n) is 6.79. The molecule has 1 fully saturated rings. The van der Waals surface area contributed by atoms with E-state index < -0.39 is 0 Å². The summed E-state index contributed by atoms with van der Waals surface area (Å²) in [5.41, 5.74) is 5.49. The van der Waals surface area contributed by atoms with Gasteiger partial charge in [-0.05, 0) is 32.2 Å². The summed E-state index contributed by atoms with van der Waals surface area (Å²) < 4.78 is 5.73. The van der Waals surface area contributed by atoms with Crippen molar-refractivity contribution in [3.8, 4) is 0 Å². The summed E-state index contributed by atoms with van der Waals surface area (Å²) in [6.07, 6.45) is 4.17. The van der Waals surface area contributed by atoms with Gasteiger partial charge in [-0.3, -0.25) is 4.79 Å². The summed E-state index contributed by atoms with van der Waals surface area (Å²) in [6, 6.07) is 0. The molecule has 2 unspecified atom stereocenters. The maximum absolute atomic E-state index is 12.1. The maximum Gasteiger partial charge on any atom is 0.225 e. The van der Waals surface area contributed by atoms with Crippen molar-refractivity contribution >= 4 is 5.91 Å². The summed E-state index contributed by atoms with van der Waals surface area (Å²) in [7, 11) is 0. The van der Waals surface area contributed by atoms with Gasteiger partial charge in [0, 0.05) is 25.6 Å². The van der Waals surface area contributed by atoms with Crippen LogP contribution in [-0.4, -0.2) is 43.2 Å². The third-order valence-electron chi connectivity index (χ3n) is 3.27. The van der Waals surface area contributed by atoms with Crippen LogP contribution >= 0.6 is 0 Å². The molecule has 0 radical (unpaired) electrons. The Kier molecular flexibility index (Phi) is 6.52. The normalized spacial score (nSPS) is 22.5. The number of nitrogens with two attached hydrogens (primary N) is 1. The van der Waals surface area contributed by atoms with E-state index in [0.717, 1.165) is 45.4 Å². The SMILES string of the molecule is CCCOC1CCCN(C(=O)C(C)CCN)C1. The fraction of sp³-hybridized carbons (Fsp3) is 0.923. The van der Waals surface area contributed by atoms with Crippen LogP contribution in [0.5, 0.6) is 0 Å². The third-order valence-corrected chi connectivity index (χ3v) is 3.27. The molecule has 1 rings (SSSR count). The molecule has 2 atom stereocenters. The molecule has 0 saturated carbocycles. The highest BCUT2D eigenvalue weighted by molar-refractivity contribution is 5.78. The molecule has 0 aromatic carbocycles. The van der Waals surface area contributed by atoms with Crippen LogP contribution in [0.2, 0.25) is 0 Å². The molecule has 0 bridgehead atoms. The van der Waals surface area contributed by atoms with E-state index in [9.17, 15) is 4.79 Å². The first kappa shape index (κ1) is 14.5. The van der Waals surface area contributed by atoms with E-state index in [-0.39, 0.29) is 17.9 Å². The molecule has 1 amide bonds. The van der Waals surface area contributed by atoms with Crippen LogP contribution < -0.4 is 5.73 Å². The Bertz CT molecular complexity index is 233. The number of hydrogen-bond donors (Lipinski definition) is 1. The smallest absolute Gasteiger partial charge is 0.225 e. The lowest BCUT2D eigenvalue weighted by molar-refractivity contribution is -0.139. The number of hydrogen-bond acceptors (Lipinski definition) is 3. The van der Waals surface area contributed by atoms with Crippen LogP contribution in [0, 0.1) is 5.92 Å². The zero-order valence-corrected chi connectivity index (χ0v) is 11.2. The van der Waals surface area contributed by atoms with Crippen LogP contribution in [-0.2, 0) is 9.53 Å². The average Bonchev–Trinajstić information content (AvgIpc) is 2.36. The molecule has 100 valence electrons. The Morgan fingerprint density at radius 2 is 2.35 bits per heavy atom. The molecule has 4 heteroatoms. The number of rotatable bonds is 6. The average molecular weight is 242 g/mol. The monoisotopic (exact) mass is 242 g/mol. The number of amides is 1. The molecule has 0 spiro atoms. The van der Waals surface area contributed by atoms with E-state index in [0.29, 0.717) is 6.54 Å². The molecular weight excluding hydrogens is 216 g/mol.